The topological polar surface area (TPSA) is 104 Å². The van der Waals surface area contributed by atoms with Gasteiger partial charge in [-0.1, -0.05) is 242 Å². The van der Waals surface area contributed by atoms with Crippen molar-refractivity contribution >= 4 is 10.8 Å². The Hall–Kier alpha value is 5.86. The number of pyridine rings is 2. The van der Waals surface area contributed by atoms with Crippen LogP contribution in [0.15, 0.2) is 117 Å². The summed E-state index contributed by atoms with van der Waals surface area (Å²) in [6.45, 7) is 74.4. The first-order chi connectivity index (χ1) is 43.9. The molecule has 10 radical (unpaired) electrons. The number of nitrogens with zero attached hydrogens (tertiary/aromatic N) is 8. The van der Waals surface area contributed by atoms with E-state index >= 15 is 0 Å². The predicted octanol–water partition coefficient (Wildman–Crippen LogP) is 22.3. The van der Waals surface area contributed by atoms with Crippen molar-refractivity contribution in [2.75, 3.05) is 33.0 Å². The van der Waals surface area contributed by atoms with Gasteiger partial charge in [0.25, 0.3) is 25.0 Å². The third-order valence-corrected chi connectivity index (χ3v) is 11.1. The standard InChI is InChI=1S/C13H14NO.C9H12NO.3C8H11N2O.15C2H6.5CH3.10Y/c1-10-14-8-6-11-4-2-3-5-12(11)13(14)7-9-15-10;1-8-10-6-3-2-4-9(10)5-7-11-8;1-7-10-4-3-9-6-8(10)2-5-11-7;1-7-10-6-9-4-2-8(10)3-5-11-7;1-7-10-5-2-4-9-8(10)3-6-11-7;15*1-2;;;;;;;;;;;;;;;/h2-6,8,10H,7,9H2,1H3;2-4,6,8H,5,7H2,1H3;3-4,6-7H,2,5H2,1H3;2,4,6-7H,3,5H2,1H3;2,4-5,7H,3,6H2,1H3;15*1-2H3;5*1H3;;;;;;;;;;/q5*+1;;;;;;;;;;;;;;;;5*-1;;;;;;;;;;/t10-;8-;3*7-;;;;;;;;;;;;;;;;;;;;;;;;;;;;;;/m00000............................../s1. The number of aromatic nitrogens is 8. The number of rotatable bonds is 0. The number of hydrogen-bond acceptors (Lipinski definition) is 8. The average molecular weight is 2220 g/mol. The summed E-state index contributed by atoms with van der Waals surface area (Å²) in [4.78, 5) is 12.3. The van der Waals surface area contributed by atoms with Gasteiger partial charge in [0.05, 0.1) is 77.3 Å². The van der Waals surface area contributed by atoms with Crippen LogP contribution in [0.5, 0.6) is 0 Å². The van der Waals surface area contributed by atoms with E-state index in [-0.39, 0.29) is 395 Å². The normalized spacial score (nSPS) is 13.4. The number of hydrogen-bond donors (Lipinski definition) is 0. The molecular formula is C81H164N8O5Y10. The third kappa shape index (κ3) is 80.3. The van der Waals surface area contributed by atoms with E-state index < -0.39 is 0 Å². The molecule has 0 bridgehead atoms. The summed E-state index contributed by atoms with van der Waals surface area (Å²) in [5.74, 6) is 1.12. The van der Waals surface area contributed by atoms with Crippen LogP contribution in [-0.4, -0.2) is 48.0 Å². The Bertz CT molecular complexity index is 2110. The van der Waals surface area contributed by atoms with Crippen LogP contribution in [0, 0.1) is 37.1 Å². The minimum atomic E-state index is 0. The number of ether oxygens (including phenoxy) is 5. The van der Waals surface area contributed by atoms with E-state index in [4.69, 9.17) is 23.7 Å². The van der Waals surface area contributed by atoms with Crippen LogP contribution in [0.2, 0.25) is 0 Å². The van der Waals surface area contributed by atoms with Crippen molar-refractivity contribution in [1.82, 2.24) is 15.0 Å². The first kappa shape index (κ1) is 177. The number of fused-ring (bicyclic) bond motifs is 7. The molecule has 11 rings (SSSR count). The van der Waals surface area contributed by atoms with Gasteiger partial charge in [0, 0.05) is 404 Å². The molecule has 1 aromatic carbocycles. The molecule has 0 N–H and O–H groups in total. The summed E-state index contributed by atoms with van der Waals surface area (Å²) in [5, 5.41) is 2.67. The predicted molar refractivity (Wildman–Crippen MR) is 418 cm³/mol. The third-order valence-electron chi connectivity index (χ3n) is 11.1. The molecule has 10 heterocycles. The Balaban J connectivity index is -0.0000000311. The second kappa shape index (κ2) is 144. The molecule has 5 aliphatic rings. The molecule has 588 valence electrons. The van der Waals surface area contributed by atoms with Gasteiger partial charge in [0.15, 0.2) is 42.4 Å². The molecule has 0 amide bonds. The van der Waals surface area contributed by atoms with Crippen LogP contribution in [-0.2, 0) is 383 Å². The minimum Gasteiger partial charge on any atom is -0.358 e. The summed E-state index contributed by atoms with van der Waals surface area (Å²) in [7, 11) is 0. The molecular weight excluding hydrogens is 2050 g/mol. The van der Waals surface area contributed by atoms with Gasteiger partial charge in [0.1, 0.15) is 18.1 Å². The van der Waals surface area contributed by atoms with Crippen molar-refractivity contribution in [3.8, 4) is 0 Å². The smallest absolute Gasteiger partial charge is 0.302 e. The Morgan fingerprint density at radius 2 is 0.625 bits per heavy atom. The molecule has 6 aromatic rings. The Morgan fingerprint density at radius 3 is 1.03 bits per heavy atom. The van der Waals surface area contributed by atoms with Gasteiger partial charge in [-0.05, 0) is 11.5 Å². The molecule has 5 aromatic heterocycles. The fraction of sp³-hybridized carbons (Fsp3) is 0.617. The van der Waals surface area contributed by atoms with Crippen molar-refractivity contribution in [2.24, 2.45) is 0 Å². The molecule has 5 aliphatic heterocycles. The monoisotopic (exact) mass is 2220 g/mol. The van der Waals surface area contributed by atoms with Gasteiger partial charge in [-0.25, -0.2) is 9.13 Å². The van der Waals surface area contributed by atoms with Crippen LogP contribution in [0.25, 0.3) is 10.8 Å². The summed E-state index contributed by atoms with van der Waals surface area (Å²) < 4.78 is 38.0. The zero-order chi connectivity index (χ0) is 71.0. The van der Waals surface area contributed by atoms with Crippen molar-refractivity contribution < 1.29 is 374 Å². The van der Waals surface area contributed by atoms with Crippen LogP contribution in [0.4, 0.5) is 0 Å². The van der Waals surface area contributed by atoms with Gasteiger partial charge < -0.3 is 60.8 Å². The van der Waals surface area contributed by atoms with E-state index in [1.165, 1.54) is 33.5 Å². The van der Waals surface area contributed by atoms with E-state index in [9.17, 15) is 0 Å². The second-order valence-corrected chi connectivity index (χ2v) is 14.9. The van der Waals surface area contributed by atoms with Crippen LogP contribution in [0.3, 0.4) is 0 Å². The van der Waals surface area contributed by atoms with Crippen molar-refractivity contribution in [2.45, 2.75) is 306 Å². The van der Waals surface area contributed by atoms with Crippen molar-refractivity contribution in [3.05, 3.63) is 182 Å². The molecule has 0 fully saturated rings. The molecule has 0 saturated carbocycles. The Kier molecular flexibility index (Phi) is 244. The fourth-order valence-electron chi connectivity index (χ4n) is 7.84. The van der Waals surface area contributed by atoms with E-state index in [0.717, 1.165) is 71.0 Å². The van der Waals surface area contributed by atoms with E-state index in [2.05, 4.69) is 106 Å². The molecule has 104 heavy (non-hydrogen) atoms. The Morgan fingerprint density at radius 1 is 0.288 bits per heavy atom. The summed E-state index contributed by atoms with van der Waals surface area (Å²) in [6, 6.07) is 20.9. The first-order valence-electron chi connectivity index (χ1n) is 35.9. The summed E-state index contributed by atoms with van der Waals surface area (Å²) >= 11 is 0. The average Bonchev–Trinajstić information content (AvgIpc) is 0.793. The maximum atomic E-state index is 5.62. The maximum absolute atomic E-state index is 5.62. The van der Waals surface area contributed by atoms with E-state index in [1.807, 2.05) is 284 Å². The van der Waals surface area contributed by atoms with Crippen LogP contribution >= 0.6 is 0 Å². The van der Waals surface area contributed by atoms with Crippen LogP contribution in [0.1, 0.15) is 302 Å². The second-order valence-electron chi connectivity index (χ2n) is 14.9. The zero-order valence-corrected chi connectivity index (χ0v) is 104. The summed E-state index contributed by atoms with van der Waals surface area (Å²) in [6.07, 6.45) is 23.1. The van der Waals surface area contributed by atoms with E-state index in [1.54, 1.807) is 6.20 Å². The SMILES string of the molecule is CC.CC.CC.CC.CC.CC.CC.CC.CC.CC.CC.CC.CC.CC.CC.C[C@@H]1OCCc2c3ccccc3cc[n+]21.C[C@@H]1OCCc2cccc[n+]21.C[C@@H]1OCCc2ccnc[n+]21.C[C@@H]1OCCc2cncc[n+]21.C[C@@H]1OCCc2nccc[n+]21.[CH3-].[CH3-].[CH3-].[CH3-].[CH3-].[Y].[Y].[Y].[Y].[Y].[Y].[Y].[Y].[Y].[Y]. The first-order valence-corrected chi connectivity index (χ1v) is 35.9. The van der Waals surface area contributed by atoms with Gasteiger partial charge in [0.2, 0.25) is 5.69 Å². The zero-order valence-electron chi connectivity index (χ0n) is 75.8. The molecule has 0 aliphatic carbocycles. The summed E-state index contributed by atoms with van der Waals surface area (Å²) in [5.41, 5.74) is 5.32. The quantitative estimate of drug-likeness (QED) is 0.109. The molecule has 5 atom stereocenters. The van der Waals surface area contributed by atoms with Gasteiger partial charge in [-0.15, -0.1) is 0 Å². The fourth-order valence-corrected chi connectivity index (χ4v) is 7.84. The molecule has 0 spiro atoms. The molecule has 13 nitrogen and oxygen atoms in total. The minimum absolute atomic E-state index is 0. The Labute approximate surface area is 904 Å². The molecule has 23 heteroatoms. The van der Waals surface area contributed by atoms with Crippen LogP contribution < -0.4 is 22.8 Å². The van der Waals surface area contributed by atoms with Crippen molar-refractivity contribution in [1.29, 1.82) is 0 Å². The van der Waals surface area contributed by atoms with Crippen molar-refractivity contribution in [3.63, 3.8) is 0 Å². The molecule has 0 unspecified atom stereocenters. The maximum Gasteiger partial charge on any atom is 0.302 e. The molecule has 0 saturated heterocycles. The van der Waals surface area contributed by atoms with Gasteiger partial charge in [-0.3, -0.25) is 4.98 Å². The number of benzene rings is 1. The van der Waals surface area contributed by atoms with E-state index in [0.29, 0.717) is 0 Å². The van der Waals surface area contributed by atoms with Gasteiger partial charge in [-0.2, -0.15) is 13.7 Å². The largest absolute Gasteiger partial charge is 0.358 e. The van der Waals surface area contributed by atoms with Gasteiger partial charge >= 0.3 is 5.82 Å².